The summed E-state index contributed by atoms with van der Waals surface area (Å²) in [5, 5.41) is 2.71. The molecule has 0 saturated carbocycles. The highest BCUT2D eigenvalue weighted by Crippen LogP contribution is 2.24. The molecule has 0 aliphatic carbocycles. The summed E-state index contributed by atoms with van der Waals surface area (Å²) in [5.74, 6) is 0.784. The van der Waals surface area contributed by atoms with Crippen molar-refractivity contribution in [3.63, 3.8) is 0 Å². The van der Waals surface area contributed by atoms with Crippen LogP contribution in [0.1, 0.15) is 38.2 Å². The van der Waals surface area contributed by atoms with Crippen LogP contribution in [0.4, 0.5) is 4.79 Å². The summed E-state index contributed by atoms with van der Waals surface area (Å²) in [5.41, 5.74) is -0.881. The molecule has 7 heteroatoms. The molecular formula is C16H23N3O4. The molecule has 1 aromatic rings. The zero-order valence-electron chi connectivity index (χ0n) is 14.0. The van der Waals surface area contributed by atoms with Crippen molar-refractivity contribution in [1.29, 1.82) is 0 Å². The summed E-state index contributed by atoms with van der Waals surface area (Å²) < 4.78 is 5.43. The first kappa shape index (κ1) is 17.1. The van der Waals surface area contributed by atoms with Crippen LogP contribution >= 0.6 is 0 Å². The van der Waals surface area contributed by atoms with E-state index in [4.69, 9.17) is 4.42 Å². The van der Waals surface area contributed by atoms with Gasteiger partial charge in [0, 0.05) is 7.05 Å². The van der Waals surface area contributed by atoms with Crippen molar-refractivity contribution in [3.05, 3.63) is 23.7 Å². The topological polar surface area (TPSA) is 82.9 Å². The summed E-state index contributed by atoms with van der Waals surface area (Å²) in [7, 11) is 1.62. The van der Waals surface area contributed by atoms with Crippen molar-refractivity contribution in [2.45, 2.75) is 45.7 Å². The van der Waals surface area contributed by atoms with E-state index >= 15 is 0 Å². The Morgan fingerprint density at radius 1 is 1.30 bits per heavy atom. The maximum absolute atomic E-state index is 12.5. The Balaban J connectivity index is 2.02. The van der Waals surface area contributed by atoms with Gasteiger partial charge >= 0.3 is 6.03 Å². The van der Waals surface area contributed by atoms with Crippen LogP contribution in [0.2, 0.25) is 0 Å². The molecule has 126 valence electrons. The number of rotatable bonds is 6. The van der Waals surface area contributed by atoms with E-state index in [2.05, 4.69) is 5.32 Å². The molecular weight excluding hydrogens is 298 g/mol. The van der Waals surface area contributed by atoms with Gasteiger partial charge < -0.3 is 14.6 Å². The van der Waals surface area contributed by atoms with Gasteiger partial charge in [-0.15, -0.1) is 0 Å². The summed E-state index contributed by atoms with van der Waals surface area (Å²) in [4.78, 5) is 39.3. The minimum Gasteiger partial charge on any atom is -0.464 e. The zero-order valence-corrected chi connectivity index (χ0v) is 14.0. The largest absolute Gasteiger partial charge is 0.464 e. The SMILES string of the molecule is CCC1(CC)NC(=O)N(CC(=O)N(C)Cc2ccc(C)o2)C1=O. The van der Waals surface area contributed by atoms with E-state index in [-0.39, 0.29) is 18.4 Å². The molecule has 0 radical (unpaired) electrons. The molecule has 0 unspecified atom stereocenters. The van der Waals surface area contributed by atoms with E-state index in [1.807, 2.05) is 26.8 Å². The number of urea groups is 1. The van der Waals surface area contributed by atoms with Crippen LogP contribution in [-0.4, -0.2) is 46.8 Å². The van der Waals surface area contributed by atoms with Gasteiger partial charge in [-0.3, -0.25) is 14.5 Å². The minimum atomic E-state index is -0.881. The Bertz CT molecular complexity index is 619. The first-order chi connectivity index (χ1) is 10.8. The van der Waals surface area contributed by atoms with Crippen LogP contribution in [0.25, 0.3) is 0 Å². The van der Waals surface area contributed by atoms with E-state index in [0.717, 1.165) is 10.7 Å². The second-order valence-electron chi connectivity index (χ2n) is 5.87. The lowest BCUT2D eigenvalue weighted by atomic mass is 9.93. The molecule has 2 rings (SSSR count). The molecule has 1 aliphatic heterocycles. The molecule has 0 atom stereocenters. The molecule has 1 aliphatic rings. The maximum atomic E-state index is 12.5. The number of amides is 4. The molecule has 1 saturated heterocycles. The Kier molecular flexibility index (Phi) is 4.77. The van der Waals surface area contributed by atoms with Crippen LogP contribution in [0, 0.1) is 6.92 Å². The lowest BCUT2D eigenvalue weighted by Gasteiger charge is -2.23. The predicted octanol–water partition coefficient (Wildman–Crippen LogP) is 1.66. The third-order valence-electron chi connectivity index (χ3n) is 4.36. The van der Waals surface area contributed by atoms with Crippen LogP contribution in [0.5, 0.6) is 0 Å². The van der Waals surface area contributed by atoms with Gasteiger partial charge in [0.2, 0.25) is 5.91 Å². The molecule has 1 N–H and O–H groups in total. The predicted molar refractivity (Wildman–Crippen MR) is 83.5 cm³/mol. The van der Waals surface area contributed by atoms with Crippen molar-refractivity contribution in [2.75, 3.05) is 13.6 Å². The fourth-order valence-electron chi connectivity index (χ4n) is 2.70. The van der Waals surface area contributed by atoms with E-state index in [0.29, 0.717) is 25.1 Å². The third-order valence-corrected chi connectivity index (χ3v) is 4.36. The van der Waals surface area contributed by atoms with Gasteiger partial charge in [-0.05, 0) is 31.9 Å². The second-order valence-corrected chi connectivity index (χ2v) is 5.87. The summed E-state index contributed by atoms with van der Waals surface area (Å²) in [6.45, 7) is 5.55. The number of imide groups is 1. The molecule has 1 fully saturated rings. The van der Waals surface area contributed by atoms with Crippen molar-refractivity contribution in [2.24, 2.45) is 0 Å². The number of carbonyl (C=O) groups is 3. The zero-order chi connectivity index (χ0) is 17.2. The number of hydrogen-bond donors (Lipinski definition) is 1. The normalized spacial score (nSPS) is 16.6. The third kappa shape index (κ3) is 3.23. The van der Waals surface area contributed by atoms with Crippen molar-refractivity contribution in [3.8, 4) is 0 Å². The Morgan fingerprint density at radius 2 is 1.96 bits per heavy atom. The van der Waals surface area contributed by atoms with Gasteiger partial charge in [0.25, 0.3) is 5.91 Å². The van der Waals surface area contributed by atoms with Crippen LogP contribution in [0.3, 0.4) is 0 Å². The molecule has 0 spiro atoms. The molecule has 4 amide bonds. The Hall–Kier alpha value is -2.31. The monoisotopic (exact) mass is 321 g/mol. The highest BCUT2D eigenvalue weighted by molar-refractivity contribution is 6.08. The smallest absolute Gasteiger partial charge is 0.325 e. The lowest BCUT2D eigenvalue weighted by molar-refractivity contribution is -0.138. The standard InChI is InChI=1S/C16H23N3O4/c1-5-16(6-2)14(21)19(15(22)17-16)10-13(20)18(4)9-12-8-7-11(3)23-12/h7-8H,5-6,9-10H2,1-4H3,(H,17,22). The number of likely N-dealkylation sites (N-methyl/N-ethyl adjacent to an activating group) is 1. The van der Waals surface area contributed by atoms with Gasteiger partial charge in [-0.25, -0.2) is 4.79 Å². The average Bonchev–Trinajstić information content (AvgIpc) is 3.03. The van der Waals surface area contributed by atoms with Crippen LogP contribution in [0.15, 0.2) is 16.5 Å². The highest BCUT2D eigenvalue weighted by Gasteiger charge is 2.49. The first-order valence-electron chi connectivity index (χ1n) is 7.76. The fraction of sp³-hybridized carbons (Fsp3) is 0.562. The number of nitrogens with one attached hydrogen (secondary N) is 1. The summed E-state index contributed by atoms with van der Waals surface area (Å²) >= 11 is 0. The van der Waals surface area contributed by atoms with Gasteiger partial charge in [0.15, 0.2) is 0 Å². The van der Waals surface area contributed by atoms with Crippen molar-refractivity contribution >= 4 is 17.8 Å². The molecule has 1 aromatic heterocycles. The molecule has 7 nitrogen and oxygen atoms in total. The van der Waals surface area contributed by atoms with Crippen molar-refractivity contribution in [1.82, 2.24) is 15.1 Å². The van der Waals surface area contributed by atoms with Crippen molar-refractivity contribution < 1.29 is 18.8 Å². The summed E-state index contributed by atoms with van der Waals surface area (Å²) in [6, 6.07) is 3.11. The molecule has 23 heavy (non-hydrogen) atoms. The molecule has 2 heterocycles. The van der Waals surface area contributed by atoms with Crippen LogP contribution < -0.4 is 5.32 Å². The number of aryl methyl sites for hydroxylation is 1. The molecule has 0 bridgehead atoms. The van der Waals surface area contributed by atoms with E-state index in [1.54, 1.807) is 13.1 Å². The Morgan fingerprint density at radius 3 is 2.43 bits per heavy atom. The average molecular weight is 321 g/mol. The highest BCUT2D eigenvalue weighted by atomic mass is 16.3. The molecule has 0 aromatic carbocycles. The number of furan rings is 1. The lowest BCUT2D eigenvalue weighted by Crippen LogP contribution is -2.46. The number of carbonyl (C=O) groups excluding carboxylic acids is 3. The van der Waals surface area contributed by atoms with E-state index in [9.17, 15) is 14.4 Å². The van der Waals surface area contributed by atoms with E-state index in [1.165, 1.54) is 4.90 Å². The Labute approximate surface area is 135 Å². The summed E-state index contributed by atoms with van der Waals surface area (Å²) in [6.07, 6.45) is 1.00. The van der Waals surface area contributed by atoms with Gasteiger partial charge in [0.05, 0.1) is 6.54 Å². The van der Waals surface area contributed by atoms with Crippen LogP contribution in [-0.2, 0) is 16.1 Å². The number of hydrogen-bond acceptors (Lipinski definition) is 4. The number of nitrogens with zero attached hydrogens (tertiary/aromatic N) is 2. The first-order valence-corrected chi connectivity index (χ1v) is 7.76. The quantitative estimate of drug-likeness (QED) is 0.808. The minimum absolute atomic E-state index is 0.261. The van der Waals surface area contributed by atoms with Gasteiger partial charge in [-0.1, -0.05) is 13.8 Å². The van der Waals surface area contributed by atoms with Gasteiger partial charge in [0.1, 0.15) is 23.6 Å². The van der Waals surface area contributed by atoms with Gasteiger partial charge in [-0.2, -0.15) is 0 Å². The fourth-order valence-corrected chi connectivity index (χ4v) is 2.70. The second kappa shape index (κ2) is 6.44. The van der Waals surface area contributed by atoms with E-state index < -0.39 is 11.6 Å². The maximum Gasteiger partial charge on any atom is 0.325 e.